The van der Waals surface area contributed by atoms with E-state index in [1.54, 1.807) is 18.2 Å². The molecule has 3 heterocycles. The van der Waals surface area contributed by atoms with E-state index in [0.717, 1.165) is 19.5 Å². The lowest BCUT2D eigenvalue weighted by Gasteiger charge is -2.35. The van der Waals surface area contributed by atoms with E-state index in [2.05, 4.69) is 34.4 Å². The van der Waals surface area contributed by atoms with E-state index in [0.29, 0.717) is 23.5 Å². The number of halogens is 2. The molecular weight excluding hydrogens is 441 g/mol. The van der Waals surface area contributed by atoms with E-state index < -0.39 is 17.4 Å². The summed E-state index contributed by atoms with van der Waals surface area (Å²) in [7, 11) is 0. The number of H-pyrrole nitrogens is 1. The zero-order chi connectivity index (χ0) is 22.3. The van der Waals surface area contributed by atoms with Gasteiger partial charge in [0.1, 0.15) is 5.82 Å². The molecule has 8 nitrogen and oxygen atoms in total. The largest absolute Gasteiger partial charge is 0.342 e. The number of aromatic nitrogens is 2. The highest BCUT2D eigenvalue weighted by Gasteiger charge is 2.36. The molecule has 1 aromatic carbocycles. The zero-order valence-electron chi connectivity index (χ0n) is 17.2. The lowest BCUT2D eigenvalue weighted by Crippen LogP contribution is -2.42. The lowest BCUT2D eigenvalue weighted by atomic mass is 9.91. The van der Waals surface area contributed by atoms with Gasteiger partial charge in [0.25, 0.3) is 5.56 Å². The third-order valence-corrected chi connectivity index (χ3v) is 6.45. The van der Waals surface area contributed by atoms with Crippen LogP contribution < -0.4 is 21.1 Å². The van der Waals surface area contributed by atoms with Crippen LogP contribution in [0.25, 0.3) is 0 Å². The number of anilines is 3. The number of amides is 2. The van der Waals surface area contributed by atoms with Crippen molar-refractivity contribution in [2.75, 3.05) is 28.6 Å². The van der Waals surface area contributed by atoms with E-state index in [9.17, 15) is 14.4 Å². The fraction of sp³-hybridized carbons (Fsp3) is 0.429. The average Bonchev–Trinajstić information content (AvgIpc) is 2.69. The summed E-state index contributed by atoms with van der Waals surface area (Å²) in [6.07, 6.45) is 0.940. The van der Waals surface area contributed by atoms with Crippen LogP contribution in [0, 0.1) is 11.8 Å². The van der Waals surface area contributed by atoms with Gasteiger partial charge in [-0.05, 0) is 30.4 Å². The minimum absolute atomic E-state index is 0.123. The monoisotopic (exact) mass is 463 g/mol. The Hall–Kier alpha value is -2.58. The van der Waals surface area contributed by atoms with Crippen LogP contribution in [0.2, 0.25) is 10.0 Å². The molecule has 4 rings (SSSR count). The summed E-state index contributed by atoms with van der Waals surface area (Å²) in [5.74, 6) is -0.459. The third kappa shape index (κ3) is 4.41. The zero-order valence-corrected chi connectivity index (χ0v) is 18.7. The van der Waals surface area contributed by atoms with Gasteiger partial charge >= 0.3 is 0 Å². The van der Waals surface area contributed by atoms with E-state index in [1.165, 1.54) is 0 Å². The maximum absolute atomic E-state index is 13.0. The van der Waals surface area contributed by atoms with Crippen LogP contribution in [0.4, 0.5) is 17.5 Å². The summed E-state index contributed by atoms with van der Waals surface area (Å²) >= 11 is 12.2. The number of carbonyl (C=O) groups excluding carboxylic acids is 2. The minimum Gasteiger partial charge on any atom is -0.342 e. The Morgan fingerprint density at radius 2 is 1.90 bits per heavy atom. The number of piperidine rings is 1. The van der Waals surface area contributed by atoms with Gasteiger partial charge in [-0.25, -0.2) is 0 Å². The van der Waals surface area contributed by atoms with Gasteiger partial charge in [-0.15, -0.1) is 0 Å². The molecule has 2 aromatic rings. The Kier molecular flexibility index (Phi) is 5.94. The number of hydrogen-bond donors (Lipinski definition) is 3. The molecule has 0 radical (unpaired) electrons. The number of rotatable bonds is 3. The molecule has 0 aliphatic carbocycles. The van der Waals surface area contributed by atoms with Gasteiger partial charge in [0.05, 0.1) is 27.2 Å². The van der Waals surface area contributed by atoms with Crippen molar-refractivity contribution in [3.8, 4) is 0 Å². The van der Waals surface area contributed by atoms with Crippen LogP contribution in [-0.4, -0.2) is 34.9 Å². The van der Waals surface area contributed by atoms with Crippen LogP contribution in [-0.2, 0) is 9.59 Å². The summed E-state index contributed by atoms with van der Waals surface area (Å²) in [4.78, 5) is 47.6. The van der Waals surface area contributed by atoms with Crippen molar-refractivity contribution in [2.45, 2.75) is 32.6 Å². The molecular formula is C21H23Cl2N5O3. The third-order valence-electron chi connectivity index (χ3n) is 5.63. The highest BCUT2D eigenvalue weighted by Crippen LogP contribution is 2.34. The molecule has 0 saturated carbocycles. The average molecular weight is 464 g/mol. The van der Waals surface area contributed by atoms with Gasteiger partial charge in [0, 0.05) is 19.5 Å². The Balaban J connectivity index is 1.66. The van der Waals surface area contributed by atoms with Gasteiger partial charge in [0.15, 0.2) is 0 Å². The molecule has 0 spiro atoms. The smallest absolute Gasteiger partial charge is 0.258 e. The molecule has 2 aliphatic rings. The van der Waals surface area contributed by atoms with Crippen molar-refractivity contribution >= 4 is 52.5 Å². The Morgan fingerprint density at radius 3 is 2.61 bits per heavy atom. The van der Waals surface area contributed by atoms with E-state index in [4.69, 9.17) is 23.2 Å². The minimum atomic E-state index is -0.997. The second-order valence-electron chi connectivity index (χ2n) is 8.40. The molecule has 2 amide bonds. The summed E-state index contributed by atoms with van der Waals surface area (Å²) in [6, 6.07) is 4.84. The Labute approximate surface area is 189 Å². The van der Waals surface area contributed by atoms with Crippen LogP contribution >= 0.6 is 23.2 Å². The second-order valence-corrected chi connectivity index (χ2v) is 9.18. The van der Waals surface area contributed by atoms with Crippen molar-refractivity contribution in [3.63, 3.8) is 0 Å². The van der Waals surface area contributed by atoms with Crippen molar-refractivity contribution in [1.82, 2.24) is 9.97 Å². The fourth-order valence-electron chi connectivity index (χ4n) is 4.39. The summed E-state index contributed by atoms with van der Waals surface area (Å²) in [5, 5.41) is 5.80. The first-order valence-electron chi connectivity index (χ1n) is 10.2. The first-order valence-corrected chi connectivity index (χ1v) is 10.9. The molecule has 1 fully saturated rings. The van der Waals surface area contributed by atoms with Crippen LogP contribution in [0.1, 0.15) is 38.2 Å². The van der Waals surface area contributed by atoms with Crippen LogP contribution in [0.3, 0.4) is 0 Å². The number of benzene rings is 1. The van der Waals surface area contributed by atoms with Crippen molar-refractivity contribution < 1.29 is 9.59 Å². The van der Waals surface area contributed by atoms with Crippen molar-refractivity contribution in [2.24, 2.45) is 11.8 Å². The molecule has 0 bridgehead atoms. The van der Waals surface area contributed by atoms with Crippen molar-refractivity contribution in [1.29, 1.82) is 0 Å². The van der Waals surface area contributed by atoms with Gasteiger partial charge in [0.2, 0.25) is 17.8 Å². The number of nitrogens with zero attached hydrogens (tertiary/aromatic N) is 2. The normalized spacial score (nSPS) is 23.2. The first kappa shape index (κ1) is 21.6. The second kappa shape index (κ2) is 8.51. The molecule has 3 atom stereocenters. The van der Waals surface area contributed by atoms with E-state index >= 15 is 0 Å². The maximum atomic E-state index is 13.0. The maximum Gasteiger partial charge on any atom is 0.258 e. The van der Waals surface area contributed by atoms with Crippen LogP contribution in [0.15, 0.2) is 23.0 Å². The Bertz CT molecular complexity index is 1090. The first-order chi connectivity index (χ1) is 14.7. The Morgan fingerprint density at radius 1 is 1.19 bits per heavy atom. The van der Waals surface area contributed by atoms with Crippen molar-refractivity contribution in [3.05, 3.63) is 44.2 Å². The van der Waals surface area contributed by atoms with Gasteiger partial charge in [-0.3, -0.25) is 19.4 Å². The number of hydrogen-bond acceptors (Lipinski definition) is 5. The molecule has 10 heteroatoms. The molecule has 31 heavy (non-hydrogen) atoms. The summed E-state index contributed by atoms with van der Waals surface area (Å²) < 4.78 is 0. The topological polar surface area (TPSA) is 107 Å². The summed E-state index contributed by atoms with van der Waals surface area (Å²) in [5.41, 5.74) is 0.00401. The summed E-state index contributed by atoms with van der Waals surface area (Å²) in [6.45, 7) is 5.83. The van der Waals surface area contributed by atoms with E-state index in [-0.39, 0.29) is 33.8 Å². The van der Waals surface area contributed by atoms with E-state index in [1.807, 2.05) is 4.90 Å². The number of aromatic amines is 1. The predicted molar refractivity (Wildman–Crippen MR) is 121 cm³/mol. The molecule has 1 saturated heterocycles. The molecule has 3 unspecified atom stereocenters. The predicted octanol–water partition coefficient (Wildman–Crippen LogP) is 3.62. The SMILES string of the molecule is CC1CC(C)CN(c2nc3c(c(=O)[nH]2)C(C(=O)Nc2cccc(Cl)c2Cl)CC(=O)N3)C1. The highest BCUT2D eigenvalue weighted by molar-refractivity contribution is 6.44. The number of fused-ring (bicyclic) bond motifs is 1. The van der Waals surface area contributed by atoms with Gasteiger partial charge in [-0.1, -0.05) is 43.1 Å². The van der Waals surface area contributed by atoms with Crippen LogP contribution in [0.5, 0.6) is 0 Å². The highest BCUT2D eigenvalue weighted by atomic mass is 35.5. The molecule has 2 aliphatic heterocycles. The quantitative estimate of drug-likeness (QED) is 0.643. The van der Waals surface area contributed by atoms with Gasteiger partial charge < -0.3 is 15.5 Å². The lowest BCUT2D eigenvalue weighted by molar-refractivity contribution is -0.123. The standard InChI is InChI=1S/C21H23Cl2N5O3/c1-10-6-11(2)9-28(8-10)21-26-18-16(20(31)27-21)12(7-15(29)25-18)19(30)24-14-5-3-4-13(22)17(14)23/h3-5,10-12H,6-9H2,1-2H3,(H,24,30)(H2,25,26,27,29,31). The molecule has 164 valence electrons. The molecule has 1 aromatic heterocycles. The number of nitrogens with one attached hydrogen (secondary N) is 3. The number of carbonyl (C=O) groups is 2. The molecule has 3 N–H and O–H groups in total. The van der Waals surface area contributed by atoms with Gasteiger partial charge in [-0.2, -0.15) is 4.98 Å². The fourth-order valence-corrected chi connectivity index (χ4v) is 4.74.